The quantitative estimate of drug-likeness (QED) is 0.506. The van der Waals surface area contributed by atoms with E-state index in [2.05, 4.69) is 17.0 Å². The molecule has 2 aromatic carbocycles. The maximum atomic E-state index is 13.8. The Labute approximate surface area is 179 Å². The number of esters is 1. The third-order valence-corrected chi connectivity index (χ3v) is 5.75. The number of carbonyl (C=O) groups excluding carboxylic acids is 1. The number of hydrogen-bond donors (Lipinski definition) is 0. The Morgan fingerprint density at radius 3 is 2.58 bits per heavy atom. The normalized spacial score (nSPS) is 14.6. The Morgan fingerprint density at radius 1 is 1.10 bits per heavy atom. The summed E-state index contributed by atoms with van der Waals surface area (Å²) >= 11 is 0. The minimum absolute atomic E-state index is 0.0456. The Hall–Kier alpha value is -2.80. The molecular weight excluding hydrogens is 405 g/mol. The number of rotatable bonds is 6. The predicted molar refractivity (Wildman–Crippen MR) is 112 cm³/mol. The van der Waals surface area contributed by atoms with Gasteiger partial charge < -0.3 is 9.30 Å². The van der Waals surface area contributed by atoms with Crippen molar-refractivity contribution >= 4 is 16.9 Å². The van der Waals surface area contributed by atoms with Crippen molar-refractivity contribution in [3.8, 4) is 0 Å². The predicted octanol–water partition coefficient (Wildman–Crippen LogP) is 5.17. The standard InChI is InChI=1S/C24H25F3N2O2/c1-2-31-22(30)12-14-29-21-11-13-28(15-17-7-4-3-5-8-17)16-19(21)18-9-6-10-20(23(18)29)24(25,26)27/h3-10H,2,11-16H2,1H3. The van der Waals surface area contributed by atoms with Gasteiger partial charge in [-0.05, 0) is 24.1 Å². The van der Waals surface area contributed by atoms with E-state index >= 15 is 0 Å². The van der Waals surface area contributed by atoms with Crippen LogP contribution in [0.15, 0.2) is 48.5 Å². The minimum atomic E-state index is -4.47. The molecule has 0 N–H and O–H groups in total. The number of carbonyl (C=O) groups is 1. The Balaban J connectivity index is 1.73. The van der Waals surface area contributed by atoms with Gasteiger partial charge >= 0.3 is 12.1 Å². The zero-order chi connectivity index (χ0) is 22.0. The molecule has 0 atom stereocenters. The van der Waals surface area contributed by atoms with Gasteiger partial charge in [0.05, 0.1) is 24.1 Å². The minimum Gasteiger partial charge on any atom is -0.466 e. The molecule has 0 aliphatic carbocycles. The molecule has 0 saturated carbocycles. The lowest BCUT2D eigenvalue weighted by Gasteiger charge is -2.28. The molecule has 1 aromatic heterocycles. The lowest BCUT2D eigenvalue weighted by molar-refractivity contribution is -0.143. The lowest BCUT2D eigenvalue weighted by atomic mass is 10.0. The molecule has 7 heteroatoms. The van der Waals surface area contributed by atoms with Crippen LogP contribution >= 0.6 is 0 Å². The van der Waals surface area contributed by atoms with Crippen LogP contribution in [-0.2, 0) is 41.8 Å². The van der Waals surface area contributed by atoms with Crippen molar-refractivity contribution in [1.82, 2.24) is 9.47 Å². The first kappa shape index (κ1) is 21.4. The fourth-order valence-electron chi connectivity index (χ4n) is 4.45. The highest BCUT2D eigenvalue weighted by Crippen LogP contribution is 2.40. The zero-order valence-electron chi connectivity index (χ0n) is 17.4. The summed E-state index contributed by atoms with van der Waals surface area (Å²) < 4.78 is 48.2. The number of ether oxygens (including phenoxy) is 1. The second-order valence-corrected chi connectivity index (χ2v) is 7.78. The first-order chi connectivity index (χ1) is 14.9. The molecule has 0 saturated heterocycles. The fraction of sp³-hybridized carbons (Fsp3) is 0.375. The Morgan fingerprint density at radius 2 is 1.87 bits per heavy atom. The molecule has 164 valence electrons. The van der Waals surface area contributed by atoms with Crippen LogP contribution in [0, 0.1) is 0 Å². The molecule has 2 heterocycles. The number of aromatic nitrogens is 1. The van der Waals surface area contributed by atoms with E-state index in [1.54, 1.807) is 17.6 Å². The van der Waals surface area contributed by atoms with Crippen LogP contribution in [0.25, 0.3) is 10.9 Å². The molecule has 0 fully saturated rings. The maximum Gasteiger partial charge on any atom is 0.418 e. The van der Waals surface area contributed by atoms with Gasteiger partial charge in [-0.3, -0.25) is 9.69 Å². The average Bonchev–Trinajstić information content (AvgIpc) is 3.05. The van der Waals surface area contributed by atoms with Crippen LogP contribution < -0.4 is 0 Å². The molecule has 0 bridgehead atoms. The second kappa shape index (κ2) is 8.75. The summed E-state index contributed by atoms with van der Waals surface area (Å²) in [6.45, 7) is 4.22. The van der Waals surface area contributed by atoms with Crippen LogP contribution in [0.5, 0.6) is 0 Å². The smallest absolute Gasteiger partial charge is 0.418 e. The van der Waals surface area contributed by atoms with E-state index in [-0.39, 0.29) is 25.1 Å². The number of nitrogens with zero attached hydrogens (tertiary/aromatic N) is 2. The van der Waals surface area contributed by atoms with E-state index < -0.39 is 17.7 Å². The molecule has 1 aliphatic rings. The molecule has 3 aromatic rings. The van der Waals surface area contributed by atoms with E-state index in [1.165, 1.54) is 11.6 Å². The summed E-state index contributed by atoms with van der Waals surface area (Å²) in [6.07, 6.45) is -3.78. The monoisotopic (exact) mass is 430 g/mol. The van der Waals surface area contributed by atoms with Gasteiger partial charge in [0.15, 0.2) is 0 Å². The topological polar surface area (TPSA) is 34.5 Å². The van der Waals surface area contributed by atoms with E-state index in [9.17, 15) is 18.0 Å². The molecule has 31 heavy (non-hydrogen) atoms. The van der Waals surface area contributed by atoms with Crippen molar-refractivity contribution in [2.45, 2.75) is 45.6 Å². The molecule has 0 spiro atoms. The highest BCUT2D eigenvalue weighted by Gasteiger charge is 2.36. The van der Waals surface area contributed by atoms with E-state index in [0.29, 0.717) is 18.4 Å². The van der Waals surface area contributed by atoms with Crippen LogP contribution in [-0.4, -0.2) is 28.6 Å². The molecule has 0 unspecified atom stereocenters. The first-order valence-electron chi connectivity index (χ1n) is 10.5. The van der Waals surface area contributed by atoms with E-state index in [4.69, 9.17) is 4.74 Å². The largest absolute Gasteiger partial charge is 0.466 e. The number of benzene rings is 2. The molecule has 0 radical (unpaired) electrons. The van der Waals surface area contributed by atoms with Gasteiger partial charge in [0.2, 0.25) is 0 Å². The van der Waals surface area contributed by atoms with Crippen LogP contribution in [0.1, 0.15) is 35.7 Å². The van der Waals surface area contributed by atoms with Crippen molar-refractivity contribution in [1.29, 1.82) is 0 Å². The van der Waals surface area contributed by atoms with Crippen molar-refractivity contribution in [3.05, 3.63) is 70.9 Å². The fourth-order valence-corrected chi connectivity index (χ4v) is 4.45. The second-order valence-electron chi connectivity index (χ2n) is 7.78. The van der Waals surface area contributed by atoms with Gasteiger partial charge in [-0.15, -0.1) is 0 Å². The summed E-state index contributed by atoms with van der Waals surface area (Å²) in [5.74, 6) is -0.399. The van der Waals surface area contributed by atoms with Gasteiger partial charge in [0.1, 0.15) is 0 Å². The van der Waals surface area contributed by atoms with Crippen LogP contribution in [0.3, 0.4) is 0 Å². The number of hydrogen-bond acceptors (Lipinski definition) is 3. The van der Waals surface area contributed by atoms with Crippen molar-refractivity contribution in [2.75, 3.05) is 13.2 Å². The summed E-state index contributed by atoms with van der Waals surface area (Å²) in [6, 6.07) is 14.4. The Kier molecular flexibility index (Phi) is 6.05. The van der Waals surface area contributed by atoms with Crippen LogP contribution in [0.2, 0.25) is 0 Å². The number of para-hydroxylation sites is 1. The molecule has 0 amide bonds. The van der Waals surface area contributed by atoms with Crippen molar-refractivity contribution < 1.29 is 22.7 Å². The summed E-state index contributed by atoms with van der Waals surface area (Å²) in [5.41, 5.74) is 2.50. The molecule has 4 rings (SSSR count). The summed E-state index contributed by atoms with van der Waals surface area (Å²) in [4.78, 5) is 14.2. The van der Waals surface area contributed by atoms with Crippen molar-refractivity contribution in [3.63, 3.8) is 0 Å². The zero-order valence-corrected chi connectivity index (χ0v) is 17.4. The number of aryl methyl sites for hydroxylation is 1. The first-order valence-corrected chi connectivity index (χ1v) is 10.5. The lowest BCUT2D eigenvalue weighted by Crippen LogP contribution is -2.30. The van der Waals surface area contributed by atoms with Crippen LogP contribution in [0.4, 0.5) is 13.2 Å². The van der Waals surface area contributed by atoms with Crippen molar-refractivity contribution in [2.24, 2.45) is 0 Å². The van der Waals surface area contributed by atoms with E-state index in [0.717, 1.165) is 30.4 Å². The average molecular weight is 430 g/mol. The van der Waals surface area contributed by atoms with Gasteiger partial charge in [-0.2, -0.15) is 13.2 Å². The maximum absolute atomic E-state index is 13.8. The van der Waals surface area contributed by atoms with Gasteiger partial charge in [-0.1, -0.05) is 42.5 Å². The highest BCUT2D eigenvalue weighted by atomic mass is 19.4. The number of alkyl halides is 3. The molecule has 1 aliphatic heterocycles. The summed E-state index contributed by atoms with van der Waals surface area (Å²) in [7, 11) is 0. The third-order valence-electron chi connectivity index (χ3n) is 5.75. The summed E-state index contributed by atoms with van der Waals surface area (Å²) in [5, 5.41) is 0.617. The van der Waals surface area contributed by atoms with Gasteiger partial charge in [0.25, 0.3) is 0 Å². The number of halogens is 3. The molecular formula is C24H25F3N2O2. The SMILES string of the molecule is CCOC(=O)CCn1c2c(c3cccc(C(F)(F)F)c31)CN(Cc1ccccc1)CC2. The van der Waals surface area contributed by atoms with Gasteiger partial charge in [0, 0.05) is 43.7 Å². The van der Waals surface area contributed by atoms with E-state index in [1.807, 2.05) is 18.2 Å². The molecule has 4 nitrogen and oxygen atoms in total. The highest BCUT2D eigenvalue weighted by molar-refractivity contribution is 5.89. The number of fused-ring (bicyclic) bond motifs is 3. The Bertz CT molecular complexity index is 1070. The third kappa shape index (κ3) is 4.46. The van der Waals surface area contributed by atoms with Gasteiger partial charge in [-0.25, -0.2) is 0 Å².